The lowest BCUT2D eigenvalue weighted by atomic mass is 10.1. The number of carbonyl (C=O) groups is 1. The summed E-state index contributed by atoms with van der Waals surface area (Å²) in [7, 11) is 1.80. The van der Waals surface area contributed by atoms with Gasteiger partial charge in [-0.2, -0.15) is 0 Å². The number of amides is 1. The summed E-state index contributed by atoms with van der Waals surface area (Å²) < 4.78 is 0. The lowest BCUT2D eigenvalue weighted by molar-refractivity contribution is -0.116. The van der Waals surface area contributed by atoms with Crippen LogP contribution in [0, 0.1) is 0 Å². The molecule has 0 spiro atoms. The molecule has 0 saturated heterocycles. The van der Waals surface area contributed by atoms with Gasteiger partial charge in [0, 0.05) is 13.6 Å². The Morgan fingerprint density at radius 3 is 1.94 bits per heavy atom. The molecule has 0 N–H and O–H groups in total. The lowest BCUT2D eigenvalue weighted by Gasteiger charge is -2.04. The lowest BCUT2D eigenvalue weighted by Crippen LogP contribution is -2.14. The second kappa shape index (κ2) is 14.3. The van der Waals surface area contributed by atoms with Crippen LogP contribution in [0.15, 0.2) is 12.2 Å². The van der Waals surface area contributed by atoms with Crippen molar-refractivity contribution in [2.24, 2.45) is 0 Å². The van der Waals surface area contributed by atoms with Crippen molar-refractivity contribution in [3.05, 3.63) is 12.2 Å². The predicted molar refractivity (Wildman–Crippen MR) is 79.7 cm³/mol. The molecule has 0 aromatic carbocycles. The standard InChI is InChI=1S/C16H31NO/c1-3-4-5-6-7-8-9-10-11-12-13-14-15-17(2)16-18/h13-14,16H,3-12,15H2,1-2H3/b14-13+. The summed E-state index contributed by atoms with van der Waals surface area (Å²) in [4.78, 5) is 12.0. The third-order valence-corrected chi connectivity index (χ3v) is 3.21. The van der Waals surface area contributed by atoms with Gasteiger partial charge in [-0.25, -0.2) is 0 Å². The quantitative estimate of drug-likeness (QED) is 0.268. The number of likely N-dealkylation sites (N-methyl/N-ethyl adjacent to an activating group) is 1. The van der Waals surface area contributed by atoms with E-state index >= 15 is 0 Å². The first kappa shape index (κ1) is 17.2. The van der Waals surface area contributed by atoms with Gasteiger partial charge in [0.1, 0.15) is 0 Å². The predicted octanol–water partition coefficient (Wildman–Crippen LogP) is 4.55. The van der Waals surface area contributed by atoms with Crippen LogP contribution in [0.4, 0.5) is 0 Å². The van der Waals surface area contributed by atoms with Crippen molar-refractivity contribution in [2.45, 2.75) is 71.1 Å². The fourth-order valence-electron chi connectivity index (χ4n) is 1.97. The van der Waals surface area contributed by atoms with E-state index in [1.54, 1.807) is 11.9 Å². The first-order chi connectivity index (χ1) is 8.81. The normalized spacial score (nSPS) is 11.0. The zero-order valence-electron chi connectivity index (χ0n) is 12.4. The average Bonchev–Trinajstić information content (AvgIpc) is 2.39. The molecule has 18 heavy (non-hydrogen) atoms. The van der Waals surface area contributed by atoms with Crippen LogP contribution in [-0.4, -0.2) is 24.9 Å². The second-order valence-corrected chi connectivity index (χ2v) is 5.13. The highest BCUT2D eigenvalue weighted by Crippen LogP contribution is 2.10. The molecule has 2 nitrogen and oxygen atoms in total. The summed E-state index contributed by atoms with van der Waals surface area (Å²) in [5.74, 6) is 0. The summed E-state index contributed by atoms with van der Waals surface area (Å²) >= 11 is 0. The van der Waals surface area contributed by atoms with Crippen molar-refractivity contribution in [1.29, 1.82) is 0 Å². The van der Waals surface area contributed by atoms with Crippen LogP contribution >= 0.6 is 0 Å². The molecule has 0 heterocycles. The zero-order valence-corrected chi connectivity index (χ0v) is 12.4. The van der Waals surface area contributed by atoms with Gasteiger partial charge in [-0.05, 0) is 12.8 Å². The van der Waals surface area contributed by atoms with Crippen LogP contribution in [0.1, 0.15) is 71.1 Å². The Hall–Kier alpha value is -0.790. The maximum Gasteiger partial charge on any atom is 0.209 e. The van der Waals surface area contributed by atoms with E-state index in [-0.39, 0.29) is 0 Å². The third kappa shape index (κ3) is 13.3. The highest BCUT2D eigenvalue weighted by Gasteiger charge is 1.91. The molecule has 0 rings (SSSR count). The average molecular weight is 253 g/mol. The minimum Gasteiger partial charge on any atom is -0.345 e. The topological polar surface area (TPSA) is 20.3 Å². The van der Waals surface area contributed by atoms with E-state index < -0.39 is 0 Å². The third-order valence-electron chi connectivity index (χ3n) is 3.21. The largest absolute Gasteiger partial charge is 0.345 e. The number of rotatable bonds is 13. The molecule has 0 aromatic rings. The van der Waals surface area contributed by atoms with Gasteiger partial charge in [-0.3, -0.25) is 4.79 Å². The van der Waals surface area contributed by atoms with E-state index in [1.165, 1.54) is 57.8 Å². The van der Waals surface area contributed by atoms with E-state index in [1.807, 2.05) is 0 Å². The molecule has 1 amide bonds. The minimum absolute atomic E-state index is 0.737. The van der Waals surface area contributed by atoms with Crippen molar-refractivity contribution < 1.29 is 4.79 Å². The molecule has 0 aliphatic heterocycles. The number of unbranched alkanes of at least 4 members (excludes halogenated alkanes) is 9. The van der Waals surface area contributed by atoms with Crippen LogP contribution in [-0.2, 0) is 4.79 Å². The number of nitrogens with zero attached hydrogens (tertiary/aromatic N) is 1. The van der Waals surface area contributed by atoms with E-state index in [2.05, 4.69) is 19.1 Å². The van der Waals surface area contributed by atoms with Crippen LogP contribution in [0.25, 0.3) is 0 Å². The first-order valence-corrected chi connectivity index (χ1v) is 7.61. The second-order valence-electron chi connectivity index (χ2n) is 5.13. The Bertz CT molecular complexity index is 201. The molecule has 0 atom stereocenters. The molecule has 0 aliphatic carbocycles. The SMILES string of the molecule is CCCCCCCCCCC/C=C/CN(C)C=O. The van der Waals surface area contributed by atoms with Crippen molar-refractivity contribution in [1.82, 2.24) is 4.90 Å². The number of hydrogen-bond acceptors (Lipinski definition) is 1. The Balaban J connectivity index is 3.09. The molecule has 0 bridgehead atoms. The van der Waals surface area contributed by atoms with Gasteiger partial charge in [0.15, 0.2) is 0 Å². The summed E-state index contributed by atoms with van der Waals surface area (Å²) in [6.07, 6.45) is 18.7. The highest BCUT2D eigenvalue weighted by atomic mass is 16.1. The molecular formula is C16H31NO. The fraction of sp³-hybridized carbons (Fsp3) is 0.812. The number of hydrogen-bond donors (Lipinski definition) is 0. The maximum absolute atomic E-state index is 10.3. The van der Waals surface area contributed by atoms with Crippen molar-refractivity contribution in [3.63, 3.8) is 0 Å². The molecule has 0 unspecified atom stereocenters. The van der Waals surface area contributed by atoms with Crippen LogP contribution in [0.5, 0.6) is 0 Å². The van der Waals surface area contributed by atoms with Crippen molar-refractivity contribution >= 4 is 6.41 Å². The minimum atomic E-state index is 0.737. The van der Waals surface area contributed by atoms with Gasteiger partial charge >= 0.3 is 0 Å². The van der Waals surface area contributed by atoms with Gasteiger partial charge in [-0.15, -0.1) is 0 Å². The zero-order chi connectivity index (χ0) is 13.5. The van der Waals surface area contributed by atoms with Gasteiger partial charge in [0.05, 0.1) is 0 Å². The fourth-order valence-corrected chi connectivity index (χ4v) is 1.97. The Morgan fingerprint density at radius 1 is 0.833 bits per heavy atom. The summed E-state index contributed by atoms with van der Waals surface area (Å²) in [5.41, 5.74) is 0. The Labute approximate surface area is 113 Å². The molecule has 0 saturated carbocycles. The van der Waals surface area contributed by atoms with E-state index in [0.29, 0.717) is 0 Å². The monoisotopic (exact) mass is 253 g/mol. The molecular weight excluding hydrogens is 222 g/mol. The smallest absolute Gasteiger partial charge is 0.209 e. The molecule has 106 valence electrons. The highest BCUT2D eigenvalue weighted by molar-refractivity contribution is 5.46. The first-order valence-electron chi connectivity index (χ1n) is 7.61. The van der Waals surface area contributed by atoms with Gasteiger partial charge < -0.3 is 4.90 Å². The molecule has 0 aromatic heterocycles. The summed E-state index contributed by atoms with van der Waals surface area (Å²) in [6, 6.07) is 0. The van der Waals surface area contributed by atoms with Gasteiger partial charge in [-0.1, -0.05) is 70.4 Å². The van der Waals surface area contributed by atoms with Gasteiger partial charge in [0.2, 0.25) is 6.41 Å². The van der Waals surface area contributed by atoms with E-state index in [4.69, 9.17) is 0 Å². The molecule has 0 aliphatic rings. The summed E-state index contributed by atoms with van der Waals surface area (Å²) in [5, 5.41) is 0. The molecule has 2 heteroatoms. The number of carbonyl (C=O) groups excluding carboxylic acids is 1. The van der Waals surface area contributed by atoms with E-state index in [0.717, 1.165) is 19.4 Å². The van der Waals surface area contributed by atoms with Gasteiger partial charge in [0.25, 0.3) is 0 Å². The molecule has 0 fully saturated rings. The Kier molecular flexibility index (Phi) is 13.6. The molecule has 0 radical (unpaired) electrons. The maximum atomic E-state index is 10.3. The van der Waals surface area contributed by atoms with Crippen molar-refractivity contribution in [3.8, 4) is 0 Å². The Morgan fingerprint density at radius 2 is 1.39 bits per heavy atom. The van der Waals surface area contributed by atoms with Crippen LogP contribution in [0.3, 0.4) is 0 Å². The number of allylic oxidation sites excluding steroid dienone is 1. The van der Waals surface area contributed by atoms with Crippen LogP contribution < -0.4 is 0 Å². The van der Waals surface area contributed by atoms with Crippen LogP contribution in [0.2, 0.25) is 0 Å². The van der Waals surface area contributed by atoms with E-state index in [9.17, 15) is 4.79 Å². The van der Waals surface area contributed by atoms with Crippen molar-refractivity contribution in [2.75, 3.05) is 13.6 Å². The summed E-state index contributed by atoms with van der Waals surface area (Å²) in [6.45, 7) is 3.00.